The highest BCUT2D eigenvalue weighted by Crippen LogP contribution is 2.12. The van der Waals surface area contributed by atoms with Crippen molar-refractivity contribution in [1.82, 2.24) is 4.31 Å². The number of nitrogens with zero attached hydrogens (tertiary/aromatic N) is 1. The molecule has 96 valence electrons. The zero-order valence-corrected chi connectivity index (χ0v) is 10.6. The van der Waals surface area contributed by atoms with Crippen LogP contribution in [-0.2, 0) is 14.8 Å². The predicted molar refractivity (Wildman–Crippen MR) is 59.5 cm³/mol. The largest absolute Gasteiger partial charge is 0.481 e. The Kier molecular flexibility index (Phi) is 5.91. The van der Waals surface area contributed by atoms with Gasteiger partial charge in [-0.3, -0.25) is 4.79 Å². The van der Waals surface area contributed by atoms with Gasteiger partial charge in [-0.15, -0.1) is 0 Å². The number of sulfonamides is 1. The first kappa shape index (κ1) is 15.3. The highest BCUT2D eigenvalue weighted by atomic mass is 32.2. The Labute approximate surface area is 95.9 Å². The van der Waals surface area contributed by atoms with Crippen molar-refractivity contribution in [2.75, 3.05) is 19.4 Å². The summed E-state index contributed by atoms with van der Waals surface area (Å²) >= 11 is 0. The fraction of sp³-hybridized carbons (Fsp3) is 0.889. The first-order valence-electron chi connectivity index (χ1n) is 5.04. The normalized spacial score (nSPS) is 16.1. The fourth-order valence-electron chi connectivity index (χ4n) is 1.33. The SMILES string of the molecule is CCC(CO)N(CC(C)C(=O)O)S(C)(=O)=O. The van der Waals surface area contributed by atoms with Gasteiger partial charge in [0.2, 0.25) is 10.0 Å². The van der Waals surface area contributed by atoms with E-state index in [1.165, 1.54) is 6.92 Å². The van der Waals surface area contributed by atoms with E-state index in [-0.39, 0.29) is 13.2 Å². The van der Waals surface area contributed by atoms with Crippen LogP contribution in [0.5, 0.6) is 0 Å². The molecule has 2 N–H and O–H groups in total. The molecule has 0 heterocycles. The Balaban J connectivity index is 4.90. The van der Waals surface area contributed by atoms with Crippen molar-refractivity contribution in [3.63, 3.8) is 0 Å². The van der Waals surface area contributed by atoms with Crippen LogP contribution in [0.4, 0.5) is 0 Å². The van der Waals surface area contributed by atoms with Crippen molar-refractivity contribution in [3.8, 4) is 0 Å². The summed E-state index contributed by atoms with van der Waals surface area (Å²) in [7, 11) is -3.51. The molecule has 0 aliphatic carbocycles. The molecule has 7 heteroatoms. The van der Waals surface area contributed by atoms with Gasteiger partial charge in [0.1, 0.15) is 0 Å². The van der Waals surface area contributed by atoms with Gasteiger partial charge in [-0.2, -0.15) is 4.31 Å². The third kappa shape index (κ3) is 4.46. The lowest BCUT2D eigenvalue weighted by molar-refractivity contribution is -0.141. The van der Waals surface area contributed by atoms with Crippen molar-refractivity contribution < 1.29 is 23.4 Å². The fourth-order valence-corrected chi connectivity index (χ4v) is 2.58. The highest BCUT2D eigenvalue weighted by Gasteiger charge is 2.28. The first-order valence-corrected chi connectivity index (χ1v) is 6.89. The van der Waals surface area contributed by atoms with Crippen LogP contribution in [0, 0.1) is 5.92 Å². The predicted octanol–water partition coefficient (Wildman–Crippen LogP) is -0.260. The van der Waals surface area contributed by atoms with E-state index in [1.54, 1.807) is 6.92 Å². The zero-order valence-electron chi connectivity index (χ0n) is 9.75. The Morgan fingerprint density at radius 2 is 1.94 bits per heavy atom. The average molecular weight is 253 g/mol. The smallest absolute Gasteiger partial charge is 0.307 e. The maximum atomic E-state index is 11.5. The van der Waals surface area contributed by atoms with Gasteiger partial charge in [0, 0.05) is 12.6 Å². The second kappa shape index (κ2) is 6.17. The number of aliphatic carboxylic acids is 1. The van der Waals surface area contributed by atoms with Crippen LogP contribution in [0.15, 0.2) is 0 Å². The van der Waals surface area contributed by atoms with Gasteiger partial charge in [-0.25, -0.2) is 8.42 Å². The van der Waals surface area contributed by atoms with Gasteiger partial charge in [0.25, 0.3) is 0 Å². The van der Waals surface area contributed by atoms with E-state index in [0.717, 1.165) is 10.6 Å². The van der Waals surface area contributed by atoms with Crippen LogP contribution in [-0.4, -0.2) is 54.4 Å². The number of hydrogen-bond acceptors (Lipinski definition) is 4. The summed E-state index contributed by atoms with van der Waals surface area (Å²) in [6.07, 6.45) is 1.45. The van der Waals surface area contributed by atoms with E-state index in [0.29, 0.717) is 6.42 Å². The van der Waals surface area contributed by atoms with Crippen LogP contribution in [0.2, 0.25) is 0 Å². The Morgan fingerprint density at radius 1 is 1.44 bits per heavy atom. The minimum atomic E-state index is -3.51. The molecule has 0 aliphatic heterocycles. The monoisotopic (exact) mass is 253 g/mol. The lowest BCUT2D eigenvalue weighted by Crippen LogP contribution is -2.45. The number of aliphatic hydroxyl groups is 1. The third-order valence-corrected chi connectivity index (χ3v) is 3.69. The number of hydrogen-bond donors (Lipinski definition) is 2. The van der Waals surface area contributed by atoms with Gasteiger partial charge < -0.3 is 10.2 Å². The molecule has 0 bridgehead atoms. The van der Waals surface area contributed by atoms with Gasteiger partial charge >= 0.3 is 5.97 Å². The molecular formula is C9H19NO5S. The molecule has 2 atom stereocenters. The van der Waals surface area contributed by atoms with Crippen molar-refractivity contribution in [3.05, 3.63) is 0 Å². The minimum Gasteiger partial charge on any atom is -0.481 e. The quantitative estimate of drug-likeness (QED) is 0.652. The number of carbonyl (C=O) groups is 1. The molecule has 0 aromatic heterocycles. The molecule has 0 spiro atoms. The van der Waals surface area contributed by atoms with Gasteiger partial charge in [-0.05, 0) is 6.42 Å². The molecule has 0 amide bonds. The molecule has 6 nitrogen and oxygen atoms in total. The Bertz CT molecular complexity index is 323. The van der Waals surface area contributed by atoms with E-state index < -0.39 is 28.0 Å². The van der Waals surface area contributed by atoms with Crippen LogP contribution in [0.3, 0.4) is 0 Å². The molecule has 0 radical (unpaired) electrons. The Morgan fingerprint density at radius 3 is 2.19 bits per heavy atom. The summed E-state index contributed by atoms with van der Waals surface area (Å²) in [5.74, 6) is -1.85. The summed E-state index contributed by atoms with van der Waals surface area (Å²) < 4.78 is 24.0. The lowest BCUT2D eigenvalue weighted by atomic mass is 10.1. The Hall–Kier alpha value is -0.660. The van der Waals surface area contributed by atoms with E-state index in [9.17, 15) is 13.2 Å². The molecule has 0 saturated heterocycles. The molecule has 0 aromatic carbocycles. The third-order valence-electron chi connectivity index (χ3n) is 2.39. The van der Waals surface area contributed by atoms with Crippen LogP contribution < -0.4 is 0 Å². The molecule has 0 rings (SSSR count). The van der Waals surface area contributed by atoms with E-state index in [1.807, 2.05) is 0 Å². The zero-order chi connectivity index (χ0) is 12.9. The first-order chi connectivity index (χ1) is 7.23. The molecular weight excluding hydrogens is 234 g/mol. The maximum absolute atomic E-state index is 11.5. The van der Waals surface area contributed by atoms with E-state index >= 15 is 0 Å². The summed E-state index contributed by atoms with van der Waals surface area (Å²) in [5.41, 5.74) is 0. The topological polar surface area (TPSA) is 94.9 Å². The minimum absolute atomic E-state index is 0.118. The highest BCUT2D eigenvalue weighted by molar-refractivity contribution is 7.88. The van der Waals surface area contributed by atoms with E-state index in [4.69, 9.17) is 10.2 Å². The summed E-state index contributed by atoms with van der Waals surface area (Å²) in [6, 6.07) is -0.559. The van der Waals surface area contributed by atoms with Gasteiger partial charge in [0.05, 0.1) is 18.8 Å². The molecule has 0 fully saturated rings. The summed E-state index contributed by atoms with van der Waals surface area (Å²) in [4.78, 5) is 10.7. The van der Waals surface area contributed by atoms with Gasteiger partial charge in [-0.1, -0.05) is 13.8 Å². The van der Waals surface area contributed by atoms with Gasteiger partial charge in [0.15, 0.2) is 0 Å². The number of carboxylic acids is 1. The second-order valence-corrected chi connectivity index (χ2v) is 5.75. The van der Waals surface area contributed by atoms with Crippen molar-refractivity contribution in [2.45, 2.75) is 26.3 Å². The molecule has 0 aromatic rings. The van der Waals surface area contributed by atoms with Crippen LogP contribution >= 0.6 is 0 Å². The maximum Gasteiger partial charge on any atom is 0.307 e. The molecule has 2 unspecified atom stereocenters. The number of carboxylic acid groups (broad SMARTS) is 1. The second-order valence-electron chi connectivity index (χ2n) is 3.82. The molecule has 0 aliphatic rings. The van der Waals surface area contributed by atoms with Crippen molar-refractivity contribution in [2.24, 2.45) is 5.92 Å². The van der Waals surface area contributed by atoms with E-state index in [2.05, 4.69) is 0 Å². The van der Waals surface area contributed by atoms with Crippen molar-refractivity contribution in [1.29, 1.82) is 0 Å². The molecule has 16 heavy (non-hydrogen) atoms. The summed E-state index contributed by atoms with van der Waals surface area (Å²) in [5, 5.41) is 17.8. The van der Waals surface area contributed by atoms with Crippen molar-refractivity contribution >= 4 is 16.0 Å². The summed E-state index contributed by atoms with van der Waals surface area (Å²) in [6.45, 7) is 2.75. The lowest BCUT2D eigenvalue weighted by Gasteiger charge is -2.28. The standard InChI is InChI=1S/C9H19NO5S/c1-4-8(6-11)10(16(3,14)15)5-7(2)9(12)13/h7-8,11H,4-6H2,1-3H3,(H,12,13). The molecule has 0 saturated carbocycles. The van der Waals surface area contributed by atoms with Crippen LogP contribution in [0.1, 0.15) is 20.3 Å². The average Bonchev–Trinajstić information content (AvgIpc) is 2.16. The number of rotatable bonds is 7. The van der Waals surface area contributed by atoms with Crippen LogP contribution in [0.25, 0.3) is 0 Å². The number of aliphatic hydroxyl groups excluding tert-OH is 1.